The normalized spacial score (nSPS) is 27.2. The number of rotatable bonds is 5. The number of nitrogens with two attached hydrogens (primary N) is 1. The monoisotopic (exact) mass is 292 g/mol. The molecule has 3 N–H and O–H groups in total. The molecule has 0 radical (unpaired) electrons. The Hall–Kier alpha value is -1.26. The molecule has 2 rings (SSSR count). The van der Waals surface area contributed by atoms with Crippen molar-refractivity contribution in [2.75, 3.05) is 14.2 Å². The van der Waals surface area contributed by atoms with E-state index in [-0.39, 0.29) is 6.04 Å². The summed E-state index contributed by atoms with van der Waals surface area (Å²) < 4.78 is 11.1. The summed E-state index contributed by atoms with van der Waals surface area (Å²) in [6, 6.07) is 5.94. The third-order valence-electron chi connectivity index (χ3n) is 4.64. The predicted octanol–water partition coefficient (Wildman–Crippen LogP) is 3.28. The lowest BCUT2D eigenvalue weighted by Gasteiger charge is -2.37. The Labute approximate surface area is 128 Å². The molecule has 0 amide bonds. The van der Waals surface area contributed by atoms with Crippen LogP contribution in [0.15, 0.2) is 18.2 Å². The molecule has 0 heterocycles. The lowest BCUT2D eigenvalue weighted by atomic mass is 9.72. The van der Waals surface area contributed by atoms with Crippen LogP contribution >= 0.6 is 0 Å². The van der Waals surface area contributed by atoms with Crippen molar-refractivity contribution >= 4 is 0 Å². The highest BCUT2D eigenvalue weighted by Gasteiger charge is 2.33. The Balaban J connectivity index is 2.36. The fraction of sp³-hybridized carbons (Fsp3) is 0.647. The van der Waals surface area contributed by atoms with Gasteiger partial charge in [0.25, 0.3) is 0 Å². The quantitative estimate of drug-likeness (QED) is 0.646. The van der Waals surface area contributed by atoms with Crippen LogP contribution in [0.1, 0.15) is 44.7 Å². The van der Waals surface area contributed by atoms with Gasteiger partial charge in [-0.3, -0.25) is 11.3 Å². The minimum absolute atomic E-state index is 0.0568. The second-order valence-electron chi connectivity index (χ2n) is 6.40. The van der Waals surface area contributed by atoms with Gasteiger partial charge >= 0.3 is 0 Å². The molecule has 1 aromatic carbocycles. The molecular weight excluding hydrogens is 264 g/mol. The fourth-order valence-electron chi connectivity index (χ4n) is 3.92. The van der Waals surface area contributed by atoms with Crippen molar-refractivity contribution in [3.8, 4) is 11.5 Å². The summed E-state index contributed by atoms with van der Waals surface area (Å²) in [6.45, 7) is 4.66. The molecule has 1 fully saturated rings. The van der Waals surface area contributed by atoms with E-state index in [1.807, 2.05) is 18.2 Å². The van der Waals surface area contributed by atoms with E-state index in [1.165, 1.54) is 19.3 Å². The van der Waals surface area contributed by atoms with Crippen molar-refractivity contribution in [2.24, 2.45) is 23.6 Å². The van der Waals surface area contributed by atoms with Crippen molar-refractivity contribution in [3.63, 3.8) is 0 Å². The number of benzene rings is 1. The summed E-state index contributed by atoms with van der Waals surface area (Å²) in [5.41, 5.74) is 4.06. The number of methoxy groups -OCH3 is 2. The van der Waals surface area contributed by atoms with Crippen LogP contribution in [0.2, 0.25) is 0 Å². The number of nitrogens with one attached hydrogen (secondary N) is 1. The first-order valence-corrected chi connectivity index (χ1v) is 7.77. The van der Waals surface area contributed by atoms with Gasteiger partial charge in [-0.05, 0) is 49.1 Å². The molecule has 4 heteroatoms. The van der Waals surface area contributed by atoms with Gasteiger partial charge in [-0.1, -0.05) is 19.9 Å². The molecule has 0 saturated heterocycles. The first-order chi connectivity index (χ1) is 10.1. The van der Waals surface area contributed by atoms with E-state index in [0.717, 1.165) is 28.9 Å². The topological polar surface area (TPSA) is 56.5 Å². The summed E-state index contributed by atoms with van der Waals surface area (Å²) in [5, 5.41) is 0. The minimum atomic E-state index is 0.0568. The lowest BCUT2D eigenvalue weighted by Crippen LogP contribution is -2.37. The second kappa shape index (κ2) is 7.14. The number of hydrazine groups is 1. The molecule has 1 aromatic rings. The molecule has 1 saturated carbocycles. The molecule has 0 aromatic heterocycles. The Morgan fingerprint density at radius 1 is 1.05 bits per heavy atom. The van der Waals surface area contributed by atoms with E-state index in [0.29, 0.717) is 5.92 Å². The molecule has 3 unspecified atom stereocenters. The highest BCUT2D eigenvalue weighted by molar-refractivity contribution is 5.47. The zero-order valence-corrected chi connectivity index (χ0v) is 13.6. The molecule has 0 spiro atoms. The van der Waals surface area contributed by atoms with Crippen LogP contribution in [0, 0.1) is 17.8 Å². The largest absolute Gasteiger partial charge is 0.496 e. The molecule has 1 aliphatic rings. The number of hydrogen-bond acceptors (Lipinski definition) is 4. The average molecular weight is 292 g/mol. The number of hydrogen-bond donors (Lipinski definition) is 2. The Bertz CT molecular complexity index is 432. The van der Waals surface area contributed by atoms with Crippen molar-refractivity contribution in [2.45, 2.75) is 39.2 Å². The van der Waals surface area contributed by atoms with Gasteiger partial charge in [0.2, 0.25) is 0 Å². The number of ether oxygens (including phenoxy) is 2. The highest BCUT2D eigenvalue weighted by Crippen LogP contribution is 2.44. The van der Waals surface area contributed by atoms with Crippen LogP contribution < -0.4 is 20.7 Å². The first-order valence-electron chi connectivity index (χ1n) is 7.77. The van der Waals surface area contributed by atoms with E-state index in [2.05, 4.69) is 19.3 Å². The van der Waals surface area contributed by atoms with Gasteiger partial charge in [0, 0.05) is 0 Å². The Morgan fingerprint density at radius 2 is 1.57 bits per heavy atom. The molecule has 1 aliphatic carbocycles. The van der Waals surface area contributed by atoms with Gasteiger partial charge in [-0.25, -0.2) is 0 Å². The van der Waals surface area contributed by atoms with Gasteiger partial charge in [-0.2, -0.15) is 0 Å². The van der Waals surface area contributed by atoms with E-state index in [1.54, 1.807) is 14.2 Å². The molecular formula is C17H28N2O2. The van der Waals surface area contributed by atoms with Crippen molar-refractivity contribution in [3.05, 3.63) is 23.8 Å². The van der Waals surface area contributed by atoms with Gasteiger partial charge in [0.15, 0.2) is 0 Å². The maximum atomic E-state index is 5.91. The average Bonchev–Trinajstić information content (AvgIpc) is 2.47. The fourth-order valence-corrected chi connectivity index (χ4v) is 3.92. The van der Waals surface area contributed by atoms with Crippen LogP contribution in [0.5, 0.6) is 11.5 Å². The summed E-state index contributed by atoms with van der Waals surface area (Å²) in [4.78, 5) is 0. The second-order valence-corrected chi connectivity index (χ2v) is 6.40. The van der Waals surface area contributed by atoms with Crippen LogP contribution in [-0.2, 0) is 0 Å². The van der Waals surface area contributed by atoms with Crippen LogP contribution in [0.25, 0.3) is 0 Å². The lowest BCUT2D eigenvalue weighted by molar-refractivity contribution is 0.173. The SMILES string of the molecule is COc1cccc(OC)c1C(NN)C1CC(C)CC(C)C1. The van der Waals surface area contributed by atoms with Crippen molar-refractivity contribution in [1.82, 2.24) is 5.43 Å². The molecule has 0 bridgehead atoms. The van der Waals surface area contributed by atoms with Gasteiger partial charge in [0.05, 0.1) is 25.8 Å². The van der Waals surface area contributed by atoms with Crippen LogP contribution in [-0.4, -0.2) is 14.2 Å². The van der Waals surface area contributed by atoms with Crippen LogP contribution in [0.4, 0.5) is 0 Å². The Kier molecular flexibility index (Phi) is 5.48. The standard InChI is InChI=1S/C17H28N2O2/c1-11-8-12(2)10-13(9-11)17(19-18)16-14(20-3)6-5-7-15(16)21-4/h5-7,11-13,17,19H,8-10,18H2,1-4H3. The van der Waals surface area contributed by atoms with E-state index in [9.17, 15) is 0 Å². The van der Waals surface area contributed by atoms with E-state index < -0.39 is 0 Å². The van der Waals surface area contributed by atoms with Crippen molar-refractivity contribution < 1.29 is 9.47 Å². The van der Waals surface area contributed by atoms with E-state index >= 15 is 0 Å². The zero-order chi connectivity index (χ0) is 15.4. The molecule has 21 heavy (non-hydrogen) atoms. The third kappa shape index (κ3) is 3.50. The predicted molar refractivity (Wildman–Crippen MR) is 85.3 cm³/mol. The first kappa shape index (κ1) is 16.1. The molecule has 0 aliphatic heterocycles. The Morgan fingerprint density at radius 3 is 2.00 bits per heavy atom. The zero-order valence-electron chi connectivity index (χ0n) is 13.6. The minimum Gasteiger partial charge on any atom is -0.496 e. The maximum Gasteiger partial charge on any atom is 0.127 e. The molecule has 118 valence electrons. The molecule has 3 atom stereocenters. The summed E-state index contributed by atoms with van der Waals surface area (Å²) >= 11 is 0. The highest BCUT2D eigenvalue weighted by atomic mass is 16.5. The van der Waals surface area contributed by atoms with Crippen LogP contribution in [0.3, 0.4) is 0 Å². The molecule has 4 nitrogen and oxygen atoms in total. The third-order valence-corrected chi connectivity index (χ3v) is 4.64. The van der Waals surface area contributed by atoms with Crippen molar-refractivity contribution in [1.29, 1.82) is 0 Å². The van der Waals surface area contributed by atoms with Gasteiger partial charge < -0.3 is 9.47 Å². The van der Waals surface area contributed by atoms with Gasteiger partial charge in [0.1, 0.15) is 11.5 Å². The summed E-state index contributed by atoms with van der Waals surface area (Å²) in [7, 11) is 3.38. The summed E-state index contributed by atoms with van der Waals surface area (Å²) in [6.07, 6.45) is 3.66. The summed E-state index contributed by atoms with van der Waals surface area (Å²) in [5.74, 6) is 9.55. The van der Waals surface area contributed by atoms with Gasteiger partial charge in [-0.15, -0.1) is 0 Å². The smallest absolute Gasteiger partial charge is 0.127 e. The van der Waals surface area contributed by atoms with E-state index in [4.69, 9.17) is 15.3 Å². The maximum absolute atomic E-state index is 5.91.